The summed E-state index contributed by atoms with van der Waals surface area (Å²) in [5.74, 6) is -0.438. The van der Waals surface area contributed by atoms with Crippen LogP contribution in [0.25, 0.3) is 21.3 Å². The van der Waals surface area contributed by atoms with Crippen LogP contribution in [0.2, 0.25) is 0 Å². The van der Waals surface area contributed by atoms with Crippen LogP contribution in [0.4, 0.5) is 4.39 Å². The number of aryl methyl sites for hydroxylation is 1. The Labute approximate surface area is 129 Å². The van der Waals surface area contributed by atoms with Crippen molar-refractivity contribution >= 4 is 27.3 Å². The summed E-state index contributed by atoms with van der Waals surface area (Å²) in [7, 11) is 0. The van der Waals surface area contributed by atoms with E-state index in [1.165, 1.54) is 41.3 Å². The Balaban J connectivity index is 2.29. The van der Waals surface area contributed by atoms with Gasteiger partial charge in [-0.2, -0.15) is 0 Å². The Morgan fingerprint density at radius 3 is 2.64 bits per heavy atom. The first-order chi connectivity index (χ1) is 10.5. The number of hydrogen-bond donors (Lipinski definition) is 0. The predicted octanol–water partition coefficient (Wildman–Crippen LogP) is 3.16. The molecule has 0 atom stereocenters. The smallest absolute Gasteiger partial charge is 0.263 e. The van der Waals surface area contributed by atoms with Gasteiger partial charge in [0.2, 0.25) is 0 Å². The monoisotopic (exact) mass is 316 g/mol. The number of carbonyl (C=O) groups excluding carboxylic acids is 1. The highest BCUT2D eigenvalue weighted by atomic mass is 32.1. The molecule has 0 amide bonds. The molecule has 112 valence electrons. The lowest BCUT2D eigenvalue weighted by atomic mass is 10.0. The Morgan fingerprint density at radius 1 is 1.32 bits per heavy atom. The van der Waals surface area contributed by atoms with Crippen molar-refractivity contribution in [3.63, 3.8) is 0 Å². The predicted molar refractivity (Wildman–Crippen MR) is 84.7 cm³/mol. The number of nitrogens with zero attached hydrogens (tertiary/aromatic N) is 2. The first-order valence-corrected chi connectivity index (χ1v) is 7.53. The first-order valence-electron chi connectivity index (χ1n) is 6.71. The van der Waals surface area contributed by atoms with Crippen molar-refractivity contribution in [3.8, 4) is 11.1 Å². The molecule has 0 saturated heterocycles. The van der Waals surface area contributed by atoms with Gasteiger partial charge in [-0.25, -0.2) is 9.37 Å². The fraction of sp³-hybridized carbons (Fsp3) is 0.188. The number of ketones is 1. The molecule has 0 aliphatic rings. The molecule has 0 saturated carbocycles. The van der Waals surface area contributed by atoms with E-state index in [2.05, 4.69) is 4.98 Å². The van der Waals surface area contributed by atoms with Crippen molar-refractivity contribution in [2.75, 3.05) is 0 Å². The van der Waals surface area contributed by atoms with Gasteiger partial charge in [0, 0.05) is 10.4 Å². The van der Waals surface area contributed by atoms with Crippen LogP contribution in [0.3, 0.4) is 0 Å². The Bertz CT molecular complexity index is 926. The van der Waals surface area contributed by atoms with Crippen molar-refractivity contribution in [1.82, 2.24) is 9.55 Å². The van der Waals surface area contributed by atoms with Gasteiger partial charge in [0.05, 0.1) is 18.3 Å². The molecule has 0 spiro atoms. The van der Waals surface area contributed by atoms with E-state index in [0.717, 1.165) is 16.0 Å². The third-order valence-electron chi connectivity index (χ3n) is 3.38. The number of thiophene rings is 1. The summed E-state index contributed by atoms with van der Waals surface area (Å²) in [5, 5.41) is 0.484. The van der Waals surface area contributed by atoms with Crippen molar-refractivity contribution in [3.05, 3.63) is 51.6 Å². The number of fused-ring (bicyclic) bond motifs is 1. The van der Waals surface area contributed by atoms with Crippen LogP contribution in [-0.2, 0) is 11.3 Å². The van der Waals surface area contributed by atoms with Crippen molar-refractivity contribution < 1.29 is 9.18 Å². The highest BCUT2D eigenvalue weighted by molar-refractivity contribution is 7.19. The van der Waals surface area contributed by atoms with Crippen molar-refractivity contribution in [2.24, 2.45) is 0 Å². The summed E-state index contributed by atoms with van der Waals surface area (Å²) in [5.41, 5.74) is 1.28. The minimum atomic E-state index is -0.326. The van der Waals surface area contributed by atoms with Crippen LogP contribution in [0.5, 0.6) is 0 Å². The maximum atomic E-state index is 13.1. The number of rotatable bonds is 3. The third-order valence-corrected chi connectivity index (χ3v) is 4.39. The van der Waals surface area contributed by atoms with E-state index in [9.17, 15) is 14.0 Å². The van der Waals surface area contributed by atoms with E-state index in [0.29, 0.717) is 10.2 Å². The highest BCUT2D eigenvalue weighted by Gasteiger charge is 2.17. The molecule has 6 heteroatoms. The van der Waals surface area contributed by atoms with E-state index < -0.39 is 0 Å². The van der Waals surface area contributed by atoms with E-state index in [1.807, 2.05) is 6.92 Å². The minimum Gasteiger partial charge on any atom is -0.298 e. The summed E-state index contributed by atoms with van der Waals surface area (Å²) in [6.45, 7) is 3.33. The van der Waals surface area contributed by atoms with Gasteiger partial charge in [-0.05, 0) is 31.5 Å². The molecule has 0 N–H and O–H groups in total. The molecule has 3 aromatic rings. The molecule has 0 aliphatic heterocycles. The molecule has 0 bridgehead atoms. The molecule has 0 fully saturated rings. The van der Waals surface area contributed by atoms with E-state index in [4.69, 9.17) is 0 Å². The fourth-order valence-corrected chi connectivity index (χ4v) is 3.46. The summed E-state index contributed by atoms with van der Waals surface area (Å²) >= 11 is 1.42. The largest absolute Gasteiger partial charge is 0.298 e. The van der Waals surface area contributed by atoms with E-state index >= 15 is 0 Å². The zero-order chi connectivity index (χ0) is 15.9. The molecule has 0 radical (unpaired) electrons. The number of halogens is 1. The van der Waals surface area contributed by atoms with Gasteiger partial charge >= 0.3 is 0 Å². The van der Waals surface area contributed by atoms with Gasteiger partial charge in [-0.3, -0.25) is 14.2 Å². The third kappa shape index (κ3) is 2.46. The van der Waals surface area contributed by atoms with Crippen LogP contribution in [-0.4, -0.2) is 15.3 Å². The SMILES string of the molecule is CC(=O)Cn1cnc2sc(C)c(-c3ccc(F)cc3)c2c1=O. The van der Waals surface area contributed by atoms with Gasteiger partial charge in [-0.15, -0.1) is 11.3 Å². The first kappa shape index (κ1) is 14.6. The number of hydrogen-bond acceptors (Lipinski definition) is 4. The molecule has 22 heavy (non-hydrogen) atoms. The van der Waals surface area contributed by atoms with E-state index in [-0.39, 0.29) is 23.7 Å². The molecule has 2 heterocycles. The van der Waals surface area contributed by atoms with Crippen molar-refractivity contribution in [1.29, 1.82) is 0 Å². The number of benzene rings is 1. The zero-order valence-corrected chi connectivity index (χ0v) is 12.9. The van der Waals surface area contributed by atoms with Gasteiger partial charge in [0.25, 0.3) is 5.56 Å². The Kier molecular flexibility index (Phi) is 3.62. The van der Waals surface area contributed by atoms with Gasteiger partial charge in [0.1, 0.15) is 16.4 Å². The molecule has 2 aromatic heterocycles. The fourth-order valence-electron chi connectivity index (χ4n) is 2.45. The molecule has 3 rings (SSSR count). The second-order valence-corrected chi connectivity index (χ2v) is 6.30. The topological polar surface area (TPSA) is 52.0 Å². The van der Waals surface area contributed by atoms with Crippen LogP contribution in [0.1, 0.15) is 11.8 Å². The van der Waals surface area contributed by atoms with Gasteiger partial charge < -0.3 is 0 Å². The summed E-state index contributed by atoms with van der Waals surface area (Å²) in [6.07, 6.45) is 1.40. The van der Waals surface area contributed by atoms with Crippen molar-refractivity contribution in [2.45, 2.75) is 20.4 Å². The molecular formula is C16H13FN2O2S. The lowest BCUT2D eigenvalue weighted by Crippen LogP contribution is -2.23. The lowest BCUT2D eigenvalue weighted by molar-refractivity contribution is -0.117. The van der Waals surface area contributed by atoms with Crippen LogP contribution in [0, 0.1) is 12.7 Å². The maximum Gasteiger partial charge on any atom is 0.263 e. The second-order valence-electron chi connectivity index (χ2n) is 5.10. The molecule has 1 aromatic carbocycles. The average molecular weight is 316 g/mol. The highest BCUT2D eigenvalue weighted by Crippen LogP contribution is 2.35. The van der Waals surface area contributed by atoms with E-state index in [1.54, 1.807) is 12.1 Å². The van der Waals surface area contributed by atoms with Crippen LogP contribution in [0.15, 0.2) is 35.4 Å². The molecule has 4 nitrogen and oxygen atoms in total. The standard InChI is InChI=1S/C16H13FN2O2S/c1-9(20)7-19-8-18-15-14(16(19)21)13(10(2)22-15)11-3-5-12(17)6-4-11/h3-6,8H,7H2,1-2H3. The zero-order valence-electron chi connectivity index (χ0n) is 12.1. The molecule has 0 unspecified atom stereocenters. The minimum absolute atomic E-state index is 0.000471. The van der Waals surface area contributed by atoms with Gasteiger partial charge in [-0.1, -0.05) is 12.1 Å². The Hall–Kier alpha value is -2.34. The normalized spacial score (nSPS) is 11.0. The number of carbonyl (C=O) groups is 1. The molecular weight excluding hydrogens is 303 g/mol. The average Bonchev–Trinajstić information content (AvgIpc) is 2.80. The maximum absolute atomic E-state index is 13.1. The number of Topliss-reactive ketones (excluding diaryl/α,β-unsaturated/α-hetero) is 1. The van der Waals surface area contributed by atoms with Gasteiger partial charge in [0.15, 0.2) is 0 Å². The lowest BCUT2D eigenvalue weighted by Gasteiger charge is -2.04. The Morgan fingerprint density at radius 2 is 2.00 bits per heavy atom. The van der Waals surface area contributed by atoms with Crippen LogP contribution < -0.4 is 5.56 Å². The van der Waals surface area contributed by atoms with Crippen LogP contribution >= 0.6 is 11.3 Å². The quantitative estimate of drug-likeness (QED) is 0.746. The summed E-state index contributed by atoms with van der Waals surface area (Å²) in [6, 6.07) is 6.02. The summed E-state index contributed by atoms with van der Waals surface area (Å²) < 4.78 is 14.4. The molecule has 0 aliphatic carbocycles. The number of aromatic nitrogens is 2. The second kappa shape index (κ2) is 5.46. The summed E-state index contributed by atoms with van der Waals surface area (Å²) in [4.78, 5) is 29.8.